The van der Waals surface area contributed by atoms with Crippen molar-refractivity contribution in [2.45, 2.75) is 121 Å². The molecule has 0 radical (unpaired) electrons. The van der Waals surface area contributed by atoms with E-state index >= 15 is 22.0 Å². The van der Waals surface area contributed by atoms with Gasteiger partial charge >= 0.3 is 295 Å². The molecule has 0 unspecified atom stereocenters. The zero-order valence-electron chi connectivity index (χ0n) is 32.2. The molecule has 11 heteroatoms. The average molecular weight is 926 g/mol. The van der Waals surface area contributed by atoms with E-state index in [1.54, 1.807) is 36.7 Å². The summed E-state index contributed by atoms with van der Waals surface area (Å²) in [5.74, 6) is -1.20. The summed E-state index contributed by atoms with van der Waals surface area (Å²) in [6.45, 7) is 18.3. The molecule has 0 saturated heterocycles. The number of hydrogen-bond donors (Lipinski definition) is 1. The van der Waals surface area contributed by atoms with Crippen LogP contribution in [0.25, 0.3) is 11.4 Å². The SMILES string of the molecule is CC(=O)O.CC(=O)c1ccc(CCC[C](F)(F)[Au](=[c]2n(-c3c(C(C)C)cccc3C(C)C)ccn2-c2c(C(C)C)cccc2C(C)C)[C](F)(F)F)cc1. The molecule has 0 atom stereocenters. The van der Waals surface area contributed by atoms with Crippen LogP contribution in [0.2, 0.25) is 0 Å². The van der Waals surface area contributed by atoms with Crippen LogP contribution in [0.5, 0.6) is 0 Å². The fourth-order valence-corrected chi connectivity index (χ4v) is 11.1. The molecule has 1 N–H and O–H groups in total. The summed E-state index contributed by atoms with van der Waals surface area (Å²) in [6.07, 6.45) is 2.29. The van der Waals surface area contributed by atoms with Crippen molar-refractivity contribution in [1.29, 1.82) is 0 Å². The maximum absolute atomic E-state index is 16.7. The molecule has 0 bridgehead atoms. The van der Waals surface area contributed by atoms with E-state index in [0.29, 0.717) is 22.5 Å². The summed E-state index contributed by atoms with van der Waals surface area (Å²) < 4.78 is 73.7. The van der Waals surface area contributed by atoms with Crippen molar-refractivity contribution in [3.05, 3.63) is 110 Å². The number of nitrogens with zero attached hydrogens (tertiary/aromatic N) is 2. The Kier molecular flexibility index (Phi) is 15.0. The molecular weight excluding hydrogens is 872 g/mol. The van der Waals surface area contributed by atoms with Gasteiger partial charge in [-0.2, -0.15) is 0 Å². The molecule has 1 aromatic heterocycles. The Labute approximate surface area is 316 Å². The Morgan fingerprint density at radius 2 is 1.02 bits per heavy atom. The van der Waals surface area contributed by atoms with Gasteiger partial charge in [0, 0.05) is 6.92 Å². The van der Waals surface area contributed by atoms with Crippen molar-refractivity contribution in [3.63, 3.8) is 0 Å². The van der Waals surface area contributed by atoms with Gasteiger partial charge in [-0.15, -0.1) is 0 Å². The minimum atomic E-state index is -5.30. The molecule has 0 saturated carbocycles. The number of halogens is 5. The van der Waals surface area contributed by atoms with E-state index in [9.17, 15) is 4.79 Å². The number of carboxylic acid groups (broad SMARTS) is 1. The van der Waals surface area contributed by atoms with Gasteiger partial charge in [0.25, 0.3) is 5.97 Å². The van der Waals surface area contributed by atoms with E-state index in [0.717, 1.165) is 29.2 Å². The third-order valence-corrected chi connectivity index (χ3v) is 14.1. The van der Waals surface area contributed by atoms with Crippen LogP contribution < -0.4 is 0 Å². The molecule has 0 amide bonds. The molecule has 0 aliphatic rings. The first-order valence-electron chi connectivity index (χ1n) is 17.8. The van der Waals surface area contributed by atoms with E-state index in [2.05, 4.69) is 0 Å². The summed E-state index contributed by atoms with van der Waals surface area (Å²) in [4.78, 5) is 20.7. The molecule has 53 heavy (non-hydrogen) atoms. The van der Waals surface area contributed by atoms with Crippen LogP contribution in [0.4, 0.5) is 22.0 Å². The van der Waals surface area contributed by atoms with Crippen molar-refractivity contribution in [3.8, 4) is 11.4 Å². The summed E-state index contributed by atoms with van der Waals surface area (Å²) in [6, 6.07) is 18.0. The Morgan fingerprint density at radius 3 is 1.32 bits per heavy atom. The number of carbonyl (C=O) groups excluding carboxylic acids is 1. The molecule has 3 aromatic carbocycles. The van der Waals surface area contributed by atoms with Gasteiger partial charge in [0.05, 0.1) is 0 Å². The topological polar surface area (TPSA) is 64.2 Å². The maximum atomic E-state index is 16.7. The number of rotatable bonds is 12. The second-order valence-electron chi connectivity index (χ2n) is 14.3. The number of benzene rings is 3. The summed E-state index contributed by atoms with van der Waals surface area (Å²) >= 11 is -5.30. The van der Waals surface area contributed by atoms with Crippen LogP contribution in [0, 0.1) is 3.63 Å². The first kappa shape index (κ1) is 43.8. The summed E-state index contributed by atoms with van der Waals surface area (Å²) in [5.41, 5.74) is 5.55. The van der Waals surface area contributed by atoms with Crippen molar-refractivity contribution >= 4 is 11.8 Å². The predicted molar refractivity (Wildman–Crippen MR) is 198 cm³/mol. The number of hydrogen-bond acceptors (Lipinski definition) is 2. The predicted octanol–water partition coefficient (Wildman–Crippen LogP) is 12.3. The van der Waals surface area contributed by atoms with Gasteiger partial charge < -0.3 is 5.11 Å². The fourth-order valence-electron chi connectivity index (χ4n) is 6.16. The summed E-state index contributed by atoms with van der Waals surface area (Å²) in [7, 11) is 0. The first-order valence-corrected chi connectivity index (χ1v) is 21.1. The minimum absolute atomic E-state index is 0.0615. The standard InChI is InChI=1S/C27H36N2.C12H13F2O.C2H4O2.CF3.Au/c1-18(2)22-11-9-12-23(19(3)4)26(22)28-15-16-29(17-28)27-24(20(5)6)13-10-14-25(27)21(7)8;1-9(15)11-7-5-10(6-8-11)3-2-4-12(13)14;1-2(3)4;2-1(3)4;/h9-16,18-21H,1-8H3;5-8H,2-4H2,1H3;1H3,(H,3,4);;. The van der Waals surface area contributed by atoms with Crippen molar-refractivity contribution in [2.24, 2.45) is 0 Å². The Bertz CT molecular complexity index is 1810. The number of aryl methyl sites for hydroxylation is 1. The van der Waals surface area contributed by atoms with Crippen LogP contribution >= 0.6 is 0 Å². The van der Waals surface area contributed by atoms with Gasteiger partial charge in [-0.3, -0.25) is 4.79 Å². The van der Waals surface area contributed by atoms with E-state index in [1.807, 2.05) is 91.8 Å². The van der Waals surface area contributed by atoms with E-state index in [4.69, 9.17) is 9.90 Å². The molecule has 0 aliphatic carbocycles. The van der Waals surface area contributed by atoms with Gasteiger partial charge in [-0.1, -0.05) is 0 Å². The monoisotopic (exact) mass is 925 g/mol. The van der Waals surface area contributed by atoms with Gasteiger partial charge in [0.1, 0.15) is 0 Å². The van der Waals surface area contributed by atoms with Crippen molar-refractivity contribution < 1.29 is 54.6 Å². The molecule has 0 aliphatic heterocycles. The number of carbonyl (C=O) groups is 2. The molecule has 0 spiro atoms. The molecule has 4 aromatic rings. The number of imidazole rings is 1. The second-order valence-corrected chi connectivity index (χ2v) is 19.7. The molecule has 4 rings (SSSR count). The number of aromatic nitrogens is 2. The van der Waals surface area contributed by atoms with Gasteiger partial charge in [0.15, 0.2) is 0 Å². The third kappa shape index (κ3) is 10.8. The van der Waals surface area contributed by atoms with Crippen molar-refractivity contribution in [1.82, 2.24) is 9.13 Å². The third-order valence-electron chi connectivity index (χ3n) is 8.69. The van der Waals surface area contributed by atoms with Gasteiger partial charge in [0.2, 0.25) is 0 Å². The number of para-hydroxylation sites is 2. The van der Waals surface area contributed by atoms with Crippen molar-refractivity contribution in [2.75, 3.05) is 0 Å². The van der Waals surface area contributed by atoms with E-state index < -0.39 is 38.9 Å². The zero-order chi connectivity index (χ0) is 40.0. The number of carboxylic acids is 1. The number of Topliss-reactive ketones (excluding diaryl/α,β-unsaturated/α-hetero) is 1. The Hall–Kier alpha value is -3.60. The molecule has 295 valence electrons. The Balaban J connectivity index is 0.00000180. The van der Waals surface area contributed by atoms with Crippen LogP contribution in [0.15, 0.2) is 73.1 Å². The molecule has 0 fully saturated rings. The van der Waals surface area contributed by atoms with Gasteiger partial charge in [-0.05, 0) is 0 Å². The zero-order valence-corrected chi connectivity index (χ0v) is 34.4. The number of aliphatic carboxylic acids is 1. The summed E-state index contributed by atoms with van der Waals surface area (Å²) in [5, 5.41) is 7.42. The number of alkyl halides is 5. The number of ketones is 1. The quantitative estimate of drug-likeness (QED) is 0.0875. The van der Waals surface area contributed by atoms with Crippen LogP contribution in [0.3, 0.4) is 0 Å². The normalized spacial score (nSPS) is 12.4. The molecular formula is C42H53AuF5N2O3. The van der Waals surface area contributed by atoms with Crippen LogP contribution in [-0.2, 0) is 29.2 Å². The first-order chi connectivity index (χ1) is 24.6. The fraction of sp³-hybridized carbons (Fsp3) is 0.452. The molecule has 1 heterocycles. The van der Waals surface area contributed by atoms with E-state index in [-0.39, 0.29) is 45.9 Å². The van der Waals surface area contributed by atoms with Gasteiger partial charge in [-0.25, -0.2) is 0 Å². The Morgan fingerprint density at radius 1 is 0.660 bits per heavy atom. The molecule has 5 nitrogen and oxygen atoms in total. The second kappa shape index (κ2) is 18.2. The van der Waals surface area contributed by atoms with Crippen LogP contribution in [0.1, 0.15) is 144 Å². The van der Waals surface area contributed by atoms with E-state index in [1.165, 1.54) is 16.1 Å². The average Bonchev–Trinajstić information content (AvgIpc) is 3.45. The van der Waals surface area contributed by atoms with Crippen LogP contribution in [-0.4, -0.2) is 34.5 Å².